The number of nitriles is 1. The minimum atomic E-state index is 0.0812. The Labute approximate surface area is 113 Å². The first kappa shape index (κ1) is 12.2. The molecule has 1 aromatic carbocycles. The Hall–Kier alpha value is -1.86. The number of piperazine rings is 1. The van der Waals surface area contributed by atoms with Crippen LogP contribution in [0.5, 0.6) is 0 Å². The fraction of sp³-hybridized carbons (Fsp3) is 0.467. The summed E-state index contributed by atoms with van der Waals surface area (Å²) in [6.45, 7) is 1.92. The predicted molar refractivity (Wildman–Crippen MR) is 71.6 cm³/mol. The molecule has 4 nitrogen and oxygen atoms in total. The number of benzene rings is 1. The molecule has 0 aromatic heterocycles. The van der Waals surface area contributed by atoms with Crippen LogP contribution in [0.15, 0.2) is 24.3 Å². The van der Waals surface area contributed by atoms with Crippen molar-refractivity contribution in [2.24, 2.45) is 0 Å². The van der Waals surface area contributed by atoms with Crippen LogP contribution in [0.3, 0.4) is 0 Å². The first-order chi connectivity index (χ1) is 9.19. The van der Waals surface area contributed by atoms with Gasteiger partial charge in [-0.15, -0.1) is 0 Å². The molecule has 0 N–H and O–H groups in total. The van der Waals surface area contributed by atoms with Gasteiger partial charge in [0.05, 0.1) is 11.6 Å². The van der Waals surface area contributed by atoms with Gasteiger partial charge in [0.1, 0.15) is 0 Å². The Morgan fingerprint density at radius 3 is 2.63 bits per heavy atom. The summed E-state index contributed by atoms with van der Waals surface area (Å²) in [5.41, 5.74) is 1.19. The van der Waals surface area contributed by atoms with E-state index in [0.717, 1.165) is 25.9 Å². The second-order valence-electron chi connectivity index (χ2n) is 5.51. The van der Waals surface area contributed by atoms with E-state index >= 15 is 0 Å². The van der Waals surface area contributed by atoms with Crippen molar-refractivity contribution < 1.29 is 4.79 Å². The molecule has 98 valence electrons. The predicted octanol–water partition coefficient (Wildman–Crippen LogP) is 1.48. The SMILES string of the molecule is CN1CC2CCC(C1)N2C(=O)c1cccc(C#N)c1. The molecular formula is C15H17N3O. The van der Waals surface area contributed by atoms with Gasteiger partial charge in [-0.1, -0.05) is 6.07 Å². The fourth-order valence-electron chi connectivity index (χ4n) is 3.32. The molecule has 2 unspecified atom stereocenters. The molecule has 4 heteroatoms. The van der Waals surface area contributed by atoms with Crippen LogP contribution in [-0.4, -0.2) is 47.9 Å². The van der Waals surface area contributed by atoms with Crippen LogP contribution in [0.25, 0.3) is 0 Å². The minimum Gasteiger partial charge on any atom is -0.330 e. The van der Waals surface area contributed by atoms with Crippen molar-refractivity contribution in [3.63, 3.8) is 0 Å². The highest BCUT2D eigenvalue weighted by Crippen LogP contribution is 2.31. The minimum absolute atomic E-state index is 0.0812. The van der Waals surface area contributed by atoms with Crippen molar-refractivity contribution in [3.05, 3.63) is 35.4 Å². The van der Waals surface area contributed by atoms with Gasteiger partial charge in [-0.25, -0.2) is 0 Å². The molecule has 3 rings (SSSR count). The molecule has 19 heavy (non-hydrogen) atoms. The summed E-state index contributed by atoms with van der Waals surface area (Å²) < 4.78 is 0. The number of hydrogen-bond acceptors (Lipinski definition) is 3. The van der Waals surface area contributed by atoms with Crippen LogP contribution in [0.2, 0.25) is 0 Å². The van der Waals surface area contributed by atoms with E-state index in [1.807, 2.05) is 4.90 Å². The van der Waals surface area contributed by atoms with E-state index in [0.29, 0.717) is 23.2 Å². The molecule has 2 aliphatic heterocycles. The third-order valence-electron chi connectivity index (χ3n) is 4.14. The average Bonchev–Trinajstić information content (AvgIpc) is 2.70. The van der Waals surface area contributed by atoms with Crippen molar-refractivity contribution >= 4 is 5.91 Å². The molecule has 2 bridgehead atoms. The lowest BCUT2D eigenvalue weighted by Crippen LogP contribution is -2.54. The summed E-state index contributed by atoms with van der Waals surface area (Å²) in [5, 5.41) is 8.92. The molecule has 2 fully saturated rings. The molecule has 0 saturated carbocycles. The highest BCUT2D eigenvalue weighted by molar-refractivity contribution is 5.95. The second kappa shape index (κ2) is 4.67. The summed E-state index contributed by atoms with van der Waals surface area (Å²) in [6, 6.07) is 9.78. The summed E-state index contributed by atoms with van der Waals surface area (Å²) in [7, 11) is 2.11. The average molecular weight is 255 g/mol. The van der Waals surface area contributed by atoms with Gasteiger partial charge < -0.3 is 9.80 Å². The number of nitrogens with zero attached hydrogens (tertiary/aromatic N) is 3. The number of likely N-dealkylation sites (N-methyl/N-ethyl adjacent to an activating group) is 1. The van der Waals surface area contributed by atoms with Crippen LogP contribution in [-0.2, 0) is 0 Å². The monoisotopic (exact) mass is 255 g/mol. The summed E-state index contributed by atoms with van der Waals surface area (Å²) in [4.78, 5) is 17.0. The molecule has 2 atom stereocenters. The number of amides is 1. The number of carbonyl (C=O) groups is 1. The zero-order chi connectivity index (χ0) is 13.4. The van der Waals surface area contributed by atoms with Gasteiger partial charge >= 0.3 is 0 Å². The molecule has 2 heterocycles. The molecule has 0 spiro atoms. The topological polar surface area (TPSA) is 47.3 Å². The molecule has 1 aromatic rings. The van der Waals surface area contributed by atoms with E-state index in [-0.39, 0.29) is 5.91 Å². The van der Waals surface area contributed by atoms with Crippen molar-refractivity contribution in [1.82, 2.24) is 9.80 Å². The van der Waals surface area contributed by atoms with Crippen LogP contribution in [0.4, 0.5) is 0 Å². The zero-order valence-electron chi connectivity index (χ0n) is 11.0. The van der Waals surface area contributed by atoms with Gasteiger partial charge in [-0.3, -0.25) is 4.79 Å². The van der Waals surface area contributed by atoms with Gasteiger partial charge in [0.15, 0.2) is 0 Å². The van der Waals surface area contributed by atoms with Gasteiger partial charge in [-0.05, 0) is 38.1 Å². The maximum Gasteiger partial charge on any atom is 0.254 e. The normalized spacial score (nSPS) is 26.2. The maximum absolute atomic E-state index is 12.6. The molecule has 1 amide bonds. The van der Waals surface area contributed by atoms with Crippen LogP contribution in [0.1, 0.15) is 28.8 Å². The highest BCUT2D eigenvalue weighted by Gasteiger charge is 2.41. The van der Waals surface area contributed by atoms with Crippen LogP contribution in [0, 0.1) is 11.3 Å². The van der Waals surface area contributed by atoms with Crippen molar-refractivity contribution in [2.75, 3.05) is 20.1 Å². The molecule has 2 saturated heterocycles. The van der Waals surface area contributed by atoms with Gasteiger partial charge in [0.2, 0.25) is 0 Å². The lowest BCUT2D eigenvalue weighted by Gasteiger charge is -2.39. The Kier molecular flexibility index (Phi) is 3.00. The van der Waals surface area contributed by atoms with Crippen molar-refractivity contribution in [1.29, 1.82) is 5.26 Å². The standard InChI is InChI=1S/C15H17N3O/c1-17-9-13-5-6-14(10-17)18(13)15(19)12-4-2-3-11(7-12)8-16/h2-4,7,13-14H,5-6,9-10H2,1H3. The van der Waals surface area contributed by atoms with Gasteiger partial charge in [0, 0.05) is 30.7 Å². The second-order valence-corrected chi connectivity index (χ2v) is 5.51. The zero-order valence-corrected chi connectivity index (χ0v) is 11.0. The van der Waals surface area contributed by atoms with Gasteiger partial charge in [-0.2, -0.15) is 5.26 Å². The van der Waals surface area contributed by atoms with E-state index < -0.39 is 0 Å². The van der Waals surface area contributed by atoms with Crippen molar-refractivity contribution in [2.45, 2.75) is 24.9 Å². The molecule has 2 aliphatic rings. The van der Waals surface area contributed by atoms with E-state index in [1.54, 1.807) is 24.3 Å². The summed E-state index contributed by atoms with van der Waals surface area (Å²) >= 11 is 0. The Morgan fingerprint density at radius 2 is 2.00 bits per heavy atom. The van der Waals surface area contributed by atoms with Crippen molar-refractivity contribution in [3.8, 4) is 6.07 Å². The summed E-state index contributed by atoms with van der Waals surface area (Å²) in [6.07, 6.45) is 2.19. The fourth-order valence-corrected chi connectivity index (χ4v) is 3.32. The van der Waals surface area contributed by atoms with E-state index in [1.165, 1.54) is 0 Å². The Morgan fingerprint density at radius 1 is 1.32 bits per heavy atom. The lowest BCUT2D eigenvalue weighted by atomic mass is 10.1. The van der Waals surface area contributed by atoms with E-state index in [2.05, 4.69) is 18.0 Å². The third kappa shape index (κ3) is 2.11. The maximum atomic E-state index is 12.6. The van der Waals surface area contributed by atoms with Crippen LogP contribution >= 0.6 is 0 Å². The molecule has 0 aliphatic carbocycles. The highest BCUT2D eigenvalue weighted by atomic mass is 16.2. The number of likely N-dealkylation sites (tertiary alicyclic amines) is 1. The van der Waals surface area contributed by atoms with E-state index in [4.69, 9.17) is 5.26 Å². The van der Waals surface area contributed by atoms with Gasteiger partial charge in [0.25, 0.3) is 5.91 Å². The third-order valence-corrected chi connectivity index (χ3v) is 4.14. The summed E-state index contributed by atoms with van der Waals surface area (Å²) in [5.74, 6) is 0.0812. The van der Waals surface area contributed by atoms with E-state index in [9.17, 15) is 4.79 Å². The number of fused-ring (bicyclic) bond motifs is 2. The Bertz CT molecular complexity index is 535. The smallest absolute Gasteiger partial charge is 0.254 e. The number of carbonyl (C=O) groups excluding carboxylic acids is 1. The molecule has 0 radical (unpaired) electrons. The number of rotatable bonds is 1. The quantitative estimate of drug-likeness (QED) is 0.763. The first-order valence-corrected chi connectivity index (χ1v) is 6.70. The Balaban J connectivity index is 1.87. The lowest BCUT2D eigenvalue weighted by molar-refractivity contribution is 0.0472. The van der Waals surface area contributed by atoms with Crippen LogP contribution < -0.4 is 0 Å². The molecular weight excluding hydrogens is 238 g/mol. The largest absolute Gasteiger partial charge is 0.330 e. The number of hydrogen-bond donors (Lipinski definition) is 0. The first-order valence-electron chi connectivity index (χ1n) is 6.70.